The van der Waals surface area contributed by atoms with Crippen LogP contribution in [0.4, 0.5) is 0 Å². The van der Waals surface area contributed by atoms with Gasteiger partial charge in [-0.3, -0.25) is 9.69 Å². The maximum absolute atomic E-state index is 10.7. The monoisotopic (exact) mass is 200 g/mol. The van der Waals surface area contributed by atoms with Gasteiger partial charge in [0, 0.05) is 13.5 Å². The van der Waals surface area contributed by atoms with Gasteiger partial charge in [0.2, 0.25) is 0 Å². The van der Waals surface area contributed by atoms with Gasteiger partial charge in [-0.25, -0.2) is 5.11 Å². The lowest BCUT2D eigenvalue weighted by atomic mass is 10.1. The van der Waals surface area contributed by atoms with E-state index < -0.39 is 6.10 Å². The molecule has 1 atom stereocenters. The zero-order valence-electron chi connectivity index (χ0n) is 8.70. The van der Waals surface area contributed by atoms with Gasteiger partial charge in [0.15, 0.2) is 0 Å². The molecule has 14 heavy (non-hydrogen) atoms. The lowest BCUT2D eigenvalue weighted by Gasteiger charge is -2.28. The van der Waals surface area contributed by atoms with Crippen molar-refractivity contribution in [2.45, 2.75) is 32.3 Å². The molecule has 1 radical (unpaired) electrons. The highest BCUT2D eigenvalue weighted by atomic mass is 16.5. The van der Waals surface area contributed by atoms with Crippen LogP contribution in [0.1, 0.15) is 26.2 Å². The molecular formula is C10H18NO3. The Kier molecular flexibility index (Phi) is 4.90. The number of ether oxygens (including phenoxy) is 1. The molecule has 1 fully saturated rings. The van der Waals surface area contributed by atoms with Gasteiger partial charge in [0.05, 0.1) is 0 Å². The van der Waals surface area contributed by atoms with E-state index in [1.807, 2.05) is 0 Å². The highest BCUT2D eigenvalue weighted by Crippen LogP contribution is 2.09. The van der Waals surface area contributed by atoms with Crippen molar-refractivity contribution >= 4 is 5.97 Å². The largest absolute Gasteiger partial charge is 0.459 e. The van der Waals surface area contributed by atoms with E-state index in [-0.39, 0.29) is 12.6 Å². The number of carbonyl (C=O) groups is 1. The van der Waals surface area contributed by atoms with E-state index in [9.17, 15) is 9.90 Å². The second-order valence-corrected chi connectivity index (χ2v) is 3.76. The van der Waals surface area contributed by atoms with Crippen molar-refractivity contribution in [1.29, 1.82) is 0 Å². The normalized spacial score (nSPS) is 20.4. The third-order valence-electron chi connectivity index (χ3n) is 2.43. The van der Waals surface area contributed by atoms with Gasteiger partial charge in [0.25, 0.3) is 0 Å². The van der Waals surface area contributed by atoms with Gasteiger partial charge in [-0.1, -0.05) is 6.42 Å². The van der Waals surface area contributed by atoms with E-state index in [2.05, 4.69) is 4.90 Å². The minimum absolute atomic E-state index is 0.337. The number of piperidine rings is 1. The smallest absolute Gasteiger partial charge is 0.303 e. The van der Waals surface area contributed by atoms with E-state index in [1.165, 1.54) is 26.2 Å². The van der Waals surface area contributed by atoms with Crippen LogP contribution >= 0.6 is 0 Å². The van der Waals surface area contributed by atoms with Crippen LogP contribution in [0.3, 0.4) is 0 Å². The summed E-state index contributed by atoms with van der Waals surface area (Å²) in [6.45, 7) is 3.66. The standard InChI is InChI=1S/C10H18NO3/c1-9(13)14-10(8-12)7-11-5-3-2-4-6-11/h10H,2-8H2,1H3. The molecule has 4 heteroatoms. The highest BCUT2D eigenvalue weighted by Gasteiger charge is 2.18. The Labute approximate surface area is 84.8 Å². The van der Waals surface area contributed by atoms with Crippen molar-refractivity contribution in [3.05, 3.63) is 0 Å². The molecule has 0 bridgehead atoms. The van der Waals surface area contributed by atoms with Crippen LogP contribution in [-0.4, -0.2) is 43.2 Å². The van der Waals surface area contributed by atoms with Crippen LogP contribution in [0.25, 0.3) is 0 Å². The molecule has 4 nitrogen and oxygen atoms in total. The molecule has 0 aromatic carbocycles. The van der Waals surface area contributed by atoms with Gasteiger partial charge >= 0.3 is 5.97 Å². The molecule has 0 amide bonds. The molecule has 0 spiro atoms. The topological polar surface area (TPSA) is 49.4 Å². The molecule has 1 saturated heterocycles. The van der Waals surface area contributed by atoms with E-state index in [1.54, 1.807) is 0 Å². The summed E-state index contributed by atoms with van der Waals surface area (Å²) in [5.74, 6) is -0.358. The summed E-state index contributed by atoms with van der Waals surface area (Å²) in [6.07, 6.45) is 3.18. The van der Waals surface area contributed by atoms with Crippen LogP contribution in [0.15, 0.2) is 0 Å². The van der Waals surface area contributed by atoms with Crippen LogP contribution in [-0.2, 0) is 14.6 Å². The molecule has 1 heterocycles. The van der Waals surface area contributed by atoms with Gasteiger partial charge in [-0.05, 0) is 25.9 Å². The predicted octanol–water partition coefficient (Wildman–Crippen LogP) is 0.834. The Balaban J connectivity index is 2.27. The number of esters is 1. The number of carbonyl (C=O) groups excluding carboxylic acids is 1. The first-order chi connectivity index (χ1) is 6.72. The van der Waals surface area contributed by atoms with Gasteiger partial charge in [-0.15, -0.1) is 0 Å². The Morgan fingerprint density at radius 3 is 2.50 bits per heavy atom. The van der Waals surface area contributed by atoms with E-state index >= 15 is 0 Å². The first-order valence-electron chi connectivity index (χ1n) is 5.20. The van der Waals surface area contributed by atoms with Gasteiger partial charge in [-0.2, -0.15) is 0 Å². The maximum atomic E-state index is 10.7. The van der Waals surface area contributed by atoms with Crippen molar-refractivity contribution in [2.75, 3.05) is 26.2 Å². The van der Waals surface area contributed by atoms with Crippen molar-refractivity contribution in [2.24, 2.45) is 0 Å². The SMILES string of the molecule is CC(=O)OC(C[O])CN1CCCCC1. The minimum Gasteiger partial charge on any atom is -0.459 e. The minimum atomic E-state index is -0.467. The summed E-state index contributed by atoms with van der Waals surface area (Å²) in [7, 11) is 0. The number of nitrogens with zero attached hydrogens (tertiary/aromatic N) is 1. The summed E-state index contributed by atoms with van der Waals surface area (Å²) in [5.41, 5.74) is 0. The quantitative estimate of drug-likeness (QED) is 0.632. The molecule has 0 N–H and O–H groups in total. The Morgan fingerprint density at radius 2 is 2.00 bits per heavy atom. The summed E-state index contributed by atoms with van der Waals surface area (Å²) in [6, 6.07) is 0. The van der Waals surface area contributed by atoms with Crippen molar-refractivity contribution in [3.63, 3.8) is 0 Å². The highest BCUT2D eigenvalue weighted by molar-refractivity contribution is 5.66. The second-order valence-electron chi connectivity index (χ2n) is 3.76. The number of hydrogen-bond acceptors (Lipinski definition) is 3. The number of rotatable bonds is 4. The summed E-state index contributed by atoms with van der Waals surface area (Å²) < 4.78 is 4.91. The molecule has 1 rings (SSSR count). The number of likely N-dealkylation sites (tertiary alicyclic amines) is 1. The molecule has 0 aliphatic carbocycles. The fourth-order valence-electron chi connectivity index (χ4n) is 1.79. The molecule has 0 saturated carbocycles. The lowest BCUT2D eigenvalue weighted by Crippen LogP contribution is -2.39. The van der Waals surface area contributed by atoms with Crippen molar-refractivity contribution in [1.82, 2.24) is 4.90 Å². The zero-order valence-corrected chi connectivity index (χ0v) is 8.70. The maximum Gasteiger partial charge on any atom is 0.303 e. The third-order valence-corrected chi connectivity index (χ3v) is 2.43. The second kappa shape index (κ2) is 5.98. The molecular weight excluding hydrogens is 182 g/mol. The van der Waals surface area contributed by atoms with Crippen molar-refractivity contribution < 1.29 is 14.6 Å². The molecule has 1 aliphatic rings. The van der Waals surface area contributed by atoms with Crippen LogP contribution in [0, 0.1) is 0 Å². The summed E-state index contributed by atoms with van der Waals surface area (Å²) >= 11 is 0. The summed E-state index contributed by atoms with van der Waals surface area (Å²) in [5, 5.41) is 10.7. The molecule has 1 unspecified atom stereocenters. The van der Waals surface area contributed by atoms with Gasteiger partial charge in [0.1, 0.15) is 12.7 Å². The average Bonchev–Trinajstić information content (AvgIpc) is 2.17. The van der Waals surface area contributed by atoms with Crippen LogP contribution < -0.4 is 0 Å². The Morgan fingerprint density at radius 1 is 1.36 bits per heavy atom. The molecule has 0 aromatic rings. The Bertz CT molecular complexity index is 178. The molecule has 81 valence electrons. The lowest BCUT2D eigenvalue weighted by molar-refractivity contribution is -0.150. The fourth-order valence-corrected chi connectivity index (χ4v) is 1.79. The Hall–Kier alpha value is -0.610. The fraction of sp³-hybridized carbons (Fsp3) is 0.900. The van der Waals surface area contributed by atoms with Crippen LogP contribution in [0.5, 0.6) is 0 Å². The van der Waals surface area contributed by atoms with Crippen LogP contribution in [0.2, 0.25) is 0 Å². The van der Waals surface area contributed by atoms with Crippen molar-refractivity contribution in [3.8, 4) is 0 Å². The molecule has 1 aliphatic heterocycles. The predicted molar refractivity (Wildman–Crippen MR) is 51.4 cm³/mol. The van der Waals surface area contributed by atoms with Gasteiger partial charge < -0.3 is 4.74 Å². The summed E-state index contributed by atoms with van der Waals surface area (Å²) in [4.78, 5) is 12.9. The van der Waals surface area contributed by atoms with E-state index in [0.717, 1.165) is 13.1 Å². The number of hydrogen-bond donors (Lipinski definition) is 0. The molecule has 0 aromatic heterocycles. The zero-order chi connectivity index (χ0) is 10.4. The third kappa shape index (κ3) is 4.07. The average molecular weight is 200 g/mol. The van der Waals surface area contributed by atoms with E-state index in [0.29, 0.717) is 6.54 Å². The first kappa shape index (κ1) is 11.5. The van der Waals surface area contributed by atoms with E-state index in [4.69, 9.17) is 4.74 Å². The first-order valence-corrected chi connectivity index (χ1v) is 5.20.